The number of amides is 1. The Morgan fingerprint density at radius 3 is 2.75 bits per heavy atom. The molecule has 0 aliphatic rings. The van der Waals surface area contributed by atoms with E-state index in [1.165, 1.54) is 24.3 Å². The highest BCUT2D eigenvalue weighted by atomic mass is 79.9. The van der Waals surface area contributed by atoms with E-state index in [1.54, 1.807) is 13.2 Å². The Balaban J connectivity index is 1.99. The maximum Gasteiger partial charge on any atom is 0.433 e. The second kappa shape index (κ2) is 7.78. The summed E-state index contributed by atoms with van der Waals surface area (Å²) in [5, 5.41) is 13.3. The van der Waals surface area contributed by atoms with Gasteiger partial charge in [0.15, 0.2) is 0 Å². The monoisotopic (exact) mass is 394 g/mol. The number of ether oxygens (including phenoxy) is 1. The molecule has 1 atom stereocenters. The van der Waals surface area contributed by atoms with Crippen molar-refractivity contribution in [1.29, 1.82) is 0 Å². The van der Waals surface area contributed by atoms with Gasteiger partial charge in [0.25, 0.3) is 0 Å². The van der Waals surface area contributed by atoms with Crippen molar-refractivity contribution in [3.63, 3.8) is 0 Å². The van der Waals surface area contributed by atoms with E-state index in [9.17, 15) is 14.9 Å². The van der Waals surface area contributed by atoms with Crippen LogP contribution in [0.2, 0.25) is 0 Å². The lowest BCUT2D eigenvalue weighted by atomic mass is 10.1. The SMILES string of the molecule is COc1ccc([C@@H](C)NC(=O)/C=C/c2ccc([N+](=O)[O-])o2)cc1Br. The summed E-state index contributed by atoms with van der Waals surface area (Å²) in [4.78, 5) is 21.8. The molecule has 2 aromatic rings. The van der Waals surface area contributed by atoms with Gasteiger partial charge in [-0.2, -0.15) is 0 Å². The van der Waals surface area contributed by atoms with Gasteiger partial charge in [0.1, 0.15) is 16.4 Å². The van der Waals surface area contributed by atoms with Crippen LogP contribution in [0, 0.1) is 10.1 Å². The van der Waals surface area contributed by atoms with Gasteiger partial charge in [0, 0.05) is 6.08 Å². The molecule has 0 saturated carbocycles. The van der Waals surface area contributed by atoms with E-state index >= 15 is 0 Å². The van der Waals surface area contributed by atoms with Crippen LogP contribution in [0.1, 0.15) is 24.3 Å². The fraction of sp³-hybridized carbons (Fsp3) is 0.188. The van der Waals surface area contributed by atoms with E-state index in [-0.39, 0.29) is 23.6 Å². The van der Waals surface area contributed by atoms with E-state index in [1.807, 2.05) is 19.1 Å². The highest BCUT2D eigenvalue weighted by Crippen LogP contribution is 2.28. The standard InChI is InChI=1S/C16H15BrN2O5/c1-10(11-3-6-14(23-2)13(17)9-11)18-15(20)7-4-12-5-8-16(24-12)19(21)22/h3-10H,1-2H3,(H,18,20)/b7-4+/t10-/m1/s1. The molecule has 0 aliphatic heterocycles. The van der Waals surface area contributed by atoms with Crippen molar-refractivity contribution in [2.75, 3.05) is 7.11 Å². The number of hydrogen-bond acceptors (Lipinski definition) is 5. The molecule has 0 unspecified atom stereocenters. The smallest absolute Gasteiger partial charge is 0.433 e. The Morgan fingerprint density at radius 1 is 1.42 bits per heavy atom. The van der Waals surface area contributed by atoms with E-state index in [4.69, 9.17) is 9.15 Å². The van der Waals surface area contributed by atoms with Crippen molar-refractivity contribution >= 4 is 33.8 Å². The molecule has 126 valence electrons. The van der Waals surface area contributed by atoms with Gasteiger partial charge in [-0.15, -0.1) is 0 Å². The summed E-state index contributed by atoms with van der Waals surface area (Å²) in [5.41, 5.74) is 0.901. The van der Waals surface area contributed by atoms with E-state index in [0.29, 0.717) is 5.75 Å². The zero-order valence-corrected chi connectivity index (χ0v) is 14.6. The van der Waals surface area contributed by atoms with Gasteiger partial charge in [0.2, 0.25) is 5.91 Å². The maximum atomic E-state index is 11.9. The summed E-state index contributed by atoms with van der Waals surface area (Å²) in [7, 11) is 1.58. The van der Waals surface area contributed by atoms with Crippen molar-refractivity contribution in [2.24, 2.45) is 0 Å². The third-order valence-corrected chi connectivity index (χ3v) is 3.85. The molecule has 8 heteroatoms. The van der Waals surface area contributed by atoms with E-state index in [2.05, 4.69) is 21.2 Å². The van der Waals surface area contributed by atoms with Crippen LogP contribution in [-0.2, 0) is 4.79 Å². The van der Waals surface area contributed by atoms with Crippen LogP contribution < -0.4 is 10.1 Å². The Hall–Kier alpha value is -2.61. The molecule has 1 N–H and O–H groups in total. The highest BCUT2D eigenvalue weighted by molar-refractivity contribution is 9.10. The number of carbonyl (C=O) groups excluding carboxylic acids is 1. The first-order chi connectivity index (χ1) is 11.4. The number of hydrogen-bond donors (Lipinski definition) is 1. The zero-order chi connectivity index (χ0) is 17.7. The number of carbonyl (C=O) groups is 1. The Kier molecular flexibility index (Phi) is 5.75. The summed E-state index contributed by atoms with van der Waals surface area (Å²) in [6, 6.07) is 7.95. The molecule has 1 heterocycles. The first-order valence-electron chi connectivity index (χ1n) is 6.97. The fourth-order valence-corrected chi connectivity index (χ4v) is 2.54. The molecular formula is C16H15BrN2O5. The summed E-state index contributed by atoms with van der Waals surface area (Å²) in [6.07, 6.45) is 2.64. The minimum absolute atomic E-state index is 0.227. The number of rotatable bonds is 6. The number of nitro groups is 1. The number of nitrogens with one attached hydrogen (secondary N) is 1. The molecule has 1 aromatic carbocycles. The van der Waals surface area contributed by atoms with Gasteiger partial charge in [-0.3, -0.25) is 14.9 Å². The van der Waals surface area contributed by atoms with E-state index in [0.717, 1.165) is 10.0 Å². The maximum absolute atomic E-state index is 11.9. The van der Waals surface area contributed by atoms with Crippen LogP contribution in [0.4, 0.5) is 5.88 Å². The average molecular weight is 395 g/mol. The minimum Gasteiger partial charge on any atom is -0.496 e. The number of benzene rings is 1. The van der Waals surface area contributed by atoms with Crippen LogP contribution >= 0.6 is 15.9 Å². The normalized spacial score (nSPS) is 12.1. The molecule has 0 radical (unpaired) electrons. The Bertz CT molecular complexity index is 785. The summed E-state index contributed by atoms with van der Waals surface area (Å²) >= 11 is 3.40. The van der Waals surface area contributed by atoms with Crippen LogP contribution in [-0.4, -0.2) is 17.9 Å². The van der Waals surface area contributed by atoms with Gasteiger partial charge in [-0.1, -0.05) is 6.07 Å². The van der Waals surface area contributed by atoms with Crippen LogP contribution in [0.3, 0.4) is 0 Å². The molecule has 0 bridgehead atoms. The lowest BCUT2D eigenvalue weighted by Gasteiger charge is -2.14. The average Bonchev–Trinajstić information content (AvgIpc) is 3.02. The first-order valence-corrected chi connectivity index (χ1v) is 7.76. The number of methoxy groups -OCH3 is 1. The molecule has 0 saturated heterocycles. The van der Waals surface area contributed by atoms with Gasteiger partial charge < -0.3 is 14.5 Å². The number of nitrogens with zero attached hydrogens (tertiary/aromatic N) is 1. The quantitative estimate of drug-likeness (QED) is 0.456. The molecule has 0 fully saturated rings. The molecule has 1 amide bonds. The molecular weight excluding hydrogens is 380 g/mol. The van der Waals surface area contributed by atoms with Crippen molar-refractivity contribution < 1.29 is 18.9 Å². The third kappa shape index (κ3) is 4.45. The Labute approximate surface area is 146 Å². The van der Waals surface area contributed by atoms with Gasteiger partial charge >= 0.3 is 5.88 Å². The van der Waals surface area contributed by atoms with Crippen molar-refractivity contribution in [2.45, 2.75) is 13.0 Å². The van der Waals surface area contributed by atoms with Crippen molar-refractivity contribution in [1.82, 2.24) is 5.32 Å². The van der Waals surface area contributed by atoms with Crippen LogP contribution in [0.25, 0.3) is 6.08 Å². The number of furan rings is 1. The molecule has 0 spiro atoms. The Morgan fingerprint density at radius 2 is 2.17 bits per heavy atom. The van der Waals surface area contributed by atoms with Crippen molar-refractivity contribution in [3.05, 3.63) is 62.3 Å². The summed E-state index contributed by atoms with van der Waals surface area (Å²) < 4.78 is 10.9. The molecule has 7 nitrogen and oxygen atoms in total. The topological polar surface area (TPSA) is 94.6 Å². The molecule has 2 rings (SSSR count). The van der Waals surface area contributed by atoms with Crippen molar-refractivity contribution in [3.8, 4) is 5.75 Å². The molecule has 0 aliphatic carbocycles. The van der Waals surface area contributed by atoms with Gasteiger partial charge in [0.05, 0.1) is 23.7 Å². The largest absolute Gasteiger partial charge is 0.496 e. The first kappa shape index (κ1) is 17.7. The van der Waals surface area contributed by atoms with Gasteiger partial charge in [-0.25, -0.2) is 0 Å². The number of halogens is 1. The van der Waals surface area contributed by atoms with E-state index < -0.39 is 4.92 Å². The predicted octanol–water partition coefficient (Wildman–Crippen LogP) is 3.85. The predicted molar refractivity (Wildman–Crippen MR) is 91.6 cm³/mol. The second-order valence-electron chi connectivity index (χ2n) is 4.89. The fourth-order valence-electron chi connectivity index (χ4n) is 1.98. The summed E-state index contributed by atoms with van der Waals surface area (Å²) in [5.74, 6) is 0.230. The highest BCUT2D eigenvalue weighted by Gasteiger charge is 2.12. The second-order valence-corrected chi connectivity index (χ2v) is 5.75. The van der Waals surface area contributed by atoms with Gasteiger partial charge in [-0.05, 0) is 52.7 Å². The van der Waals surface area contributed by atoms with Crippen LogP contribution in [0.15, 0.2) is 45.3 Å². The lowest BCUT2D eigenvalue weighted by Crippen LogP contribution is -2.24. The molecule has 24 heavy (non-hydrogen) atoms. The lowest BCUT2D eigenvalue weighted by molar-refractivity contribution is -0.402. The minimum atomic E-state index is -0.638. The molecule has 1 aromatic heterocycles. The third-order valence-electron chi connectivity index (χ3n) is 3.23. The zero-order valence-electron chi connectivity index (χ0n) is 13.0. The van der Waals surface area contributed by atoms with Crippen LogP contribution in [0.5, 0.6) is 5.75 Å². The summed E-state index contributed by atoms with van der Waals surface area (Å²) in [6.45, 7) is 1.84.